The molecule has 7 nitrogen and oxygen atoms in total. The van der Waals surface area contributed by atoms with E-state index in [4.69, 9.17) is 0 Å². The van der Waals surface area contributed by atoms with Gasteiger partial charge in [0, 0.05) is 11.1 Å². The van der Waals surface area contributed by atoms with Gasteiger partial charge in [-0.25, -0.2) is 0 Å². The van der Waals surface area contributed by atoms with Gasteiger partial charge in [-0.3, -0.25) is 14.0 Å². The van der Waals surface area contributed by atoms with Crippen molar-refractivity contribution in [3.63, 3.8) is 0 Å². The molecule has 1 aliphatic rings. The van der Waals surface area contributed by atoms with E-state index in [-0.39, 0.29) is 24.4 Å². The molecule has 3 aromatic rings. The van der Waals surface area contributed by atoms with Crippen LogP contribution in [0.25, 0.3) is 5.65 Å². The number of rotatable bonds is 4. The highest BCUT2D eigenvalue weighted by Crippen LogP contribution is 2.34. The summed E-state index contributed by atoms with van der Waals surface area (Å²) in [7, 11) is 0. The molecule has 4 rings (SSSR count). The number of pyridine rings is 1. The van der Waals surface area contributed by atoms with E-state index in [1.807, 2.05) is 60.0 Å². The van der Waals surface area contributed by atoms with Crippen molar-refractivity contribution in [2.45, 2.75) is 17.9 Å². The number of fused-ring (bicyclic) bond motifs is 2. The number of hydrogen-bond acceptors (Lipinski definition) is 5. The van der Waals surface area contributed by atoms with Crippen molar-refractivity contribution in [2.24, 2.45) is 0 Å². The Morgan fingerprint density at radius 1 is 1.23 bits per heavy atom. The average Bonchev–Trinajstić information content (AvgIpc) is 3.08. The molecule has 8 heteroatoms. The lowest BCUT2D eigenvalue weighted by molar-refractivity contribution is -0.123. The first kappa shape index (κ1) is 16.6. The molecule has 26 heavy (non-hydrogen) atoms. The third-order valence-corrected chi connectivity index (χ3v) is 5.26. The van der Waals surface area contributed by atoms with Crippen molar-refractivity contribution in [1.29, 1.82) is 0 Å². The first-order valence-corrected chi connectivity index (χ1v) is 9.23. The number of thioether (sulfide) groups is 1. The van der Waals surface area contributed by atoms with E-state index >= 15 is 0 Å². The predicted octanol–water partition coefficient (Wildman–Crippen LogP) is 2.05. The van der Waals surface area contributed by atoms with Crippen LogP contribution in [-0.4, -0.2) is 38.7 Å². The number of para-hydroxylation sites is 1. The molecule has 0 spiro atoms. The predicted molar refractivity (Wildman–Crippen MR) is 99.1 cm³/mol. The SMILES string of the molecule is CC(NC(=O)CN1C(=O)CSc2ccccc21)c1nnc2ccccn12. The molecule has 1 N–H and O–H groups in total. The van der Waals surface area contributed by atoms with Crippen LogP contribution in [0.5, 0.6) is 0 Å². The van der Waals surface area contributed by atoms with Crippen LogP contribution in [0.3, 0.4) is 0 Å². The quantitative estimate of drug-likeness (QED) is 0.763. The largest absolute Gasteiger partial charge is 0.345 e. The third kappa shape index (κ3) is 3.03. The van der Waals surface area contributed by atoms with Gasteiger partial charge in [-0.15, -0.1) is 22.0 Å². The van der Waals surface area contributed by atoms with Gasteiger partial charge in [-0.1, -0.05) is 18.2 Å². The van der Waals surface area contributed by atoms with Gasteiger partial charge >= 0.3 is 0 Å². The lowest BCUT2D eigenvalue weighted by Crippen LogP contribution is -2.44. The second-order valence-electron chi connectivity index (χ2n) is 6.01. The van der Waals surface area contributed by atoms with Crippen molar-refractivity contribution in [1.82, 2.24) is 19.9 Å². The van der Waals surface area contributed by atoms with Crippen molar-refractivity contribution in [3.8, 4) is 0 Å². The molecule has 2 amide bonds. The zero-order chi connectivity index (χ0) is 18.1. The van der Waals surface area contributed by atoms with Crippen LogP contribution in [0.4, 0.5) is 5.69 Å². The Bertz CT molecular complexity index is 986. The number of anilines is 1. The highest BCUT2D eigenvalue weighted by molar-refractivity contribution is 8.00. The first-order valence-electron chi connectivity index (χ1n) is 8.24. The van der Waals surface area contributed by atoms with Crippen LogP contribution < -0.4 is 10.2 Å². The lowest BCUT2D eigenvalue weighted by atomic mass is 10.2. The number of benzene rings is 1. The van der Waals surface area contributed by atoms with Crippen molar-refractivity contribution in [2.75, 3.05) is 17.2 Å². The maximum Gasteiger partial charge on any atom is 0.240 e. The van der Waals surface area contributed by atoms with E-state index in [2.05, 4.69) is 15.5 Å². The fourth-order valence-corrected chi connectivity index (χ4v) is 3.91. The second-order valence-corrected chi connectivity index (χ2v) is 7.03. The van der Waals surface area contributed by atoms with Crippen LogP contribution in [0.15, 0.2) is 53.6 Å². The molecule has 132 valence electrons. The van der Waals surface area contributed by atoms with Gasteiger partial charge < -0.3 is 10.2 Å². The third-order valence-electron chi connectivity index (χ3n) is 4.21. The Morgan fingerprint density at radius 3 is 2.92 bits per heavy atom. The lowest BCUT2D eigenvalue weighted by Gasteiger charge is -2.28. The summed E-state index contributed by atoms with van der Waals surface area (Å²) < 4.78 is 1.84. The molecule has 0 radical (unpaired) electrons. The highest BCUT2D eigenvalue weighted by atomic mass is 32.2. The zero-order valence-corrected chi connectivity index (χ0v) is 14.9. The van der Waals surface area contributed by atoms with E-state index in [1.165, 1.54) is 16.7 Å². The molecular formula is C18H17N5O2S. The molecule has 1 aliphatic heterocycles. The number of nitrogens with one attached hydrogen (secondary N) is 1. The number of hydrogen-bond donors (Lipinski definition) is 1. The van der Waals surface area contributed by atoms with Gasteiger partial charge in [-0.05, 0) is 31.2 Å². The number of carbonyl (C=O) groups excluding carboxylic acids is 2. The molecule has 0 saturated heterocycles. The van der Waals surface area contributed by atoms with Gasteiger partial charge in [0.25, 0.3) is 0 Å². The Labute approximate surface area is 154 Å². The number of nitrogens with zero attached hydrogens (tertiary/aromatic N) is 4. The van der Waals surface area contributed by atoms with E-state index in [9.17, 15) is 9.59 Å². The van der Waals surface area contributed by atoms with Crippen molar-refractivity contribution < 1.29 is 9.59 Å². The molecule has 0 saturated carbocycles. The van der Waals surface area contributed by atoms with Crippen LogP contribution in [0.1, 0.15) is 18.8 Å². The number of carbonyl (C=O) groups is 2. The summed E-state index contributed by atoms with van der Waals surface area (Å²) in [5, 5.41) is 11.2. The van der Waals surface area contributed by atoms with E-state index in [0.29, 0.717) is 11.6 Å². The summed E-state index contributed by atoms with van der Waals surface area (Å²) in [5.41, 5.74) is 1.50. The molecule has 0 aliphatic carbocycles. The summed E-state index contributed by atoms with van der Waals surface area (Å²) in [6.07, 6.45) is 1.86. The summed E-state index contributed by atoms with van der Waals surface area (Å²) >= 11 is 1.50. The van der Waals surface area contributed by atoms with Gasteiger partial charge in [0.1, 0.15) is 6.54 Å². The number of amides is 2. The summed E-state index contributed by atoms with van der Waals surface area (Å²) in [6.45, 7) is 1.83. The fraction of sp³-hybridized carbons (Fsp3) is 0.222. The maximum absolute atomic E-state index is 12.5. The Hall–Kier alpha value is -2.87. The second kappa shape index (κ2) is 6.80. The topological polar surface area (TPSA) is 79.6 Å². The van der Waals surface area contributed by atoms with E-state index in [0.717, 1.165) is 16.2 Å². The van der Waals surface area contributed by atoms with Crippen LogP contribution in [-0.2, 0) is 9.59 Å². The van der Waals surface area contributed by atoms with E-state index < -0.39 is 0 Å². The van der Waals surface area contributed by atoms with Crippen LogP contribution >= 0.6 is 11.8 Å². The fourth-order valence-electron chi connectivity index (χ4n) is 2.98. The molecule has 0 bridgehead atoms. The summed E-state index contributed by atoms with van der Waals surface area (Å²) in [4.78, 5) is 27.4. The Kier molecular flexibility index (Phi) is 4.34. The standard InChI is InChI=1S/C18H17N5O2S/c1-12(18-21-20-15-8-4-5-9-22(15)18)19-16(24)10-23-13-6-2-3-7-14(13)26-11-17(23)25/h2-9,12H,10-11H2,1H3,(H,19,24). The molecule has 0 fully saturated rings. The minimum atomic E-state index is -0.329. The molecule has 1 atom stereocenters. The monoisotopic (exact) mass is 367 g/mol. The molecule has 1 unspecified atom stereocenters. The van der Waals surface area contributed by atoms with Gasteiger partial charge in [0.15, 0.2) is 11.5 Å². The Morgan fingerprint density at radius 2 is 2.04 bits per heavy atom. The van der Waals surface area contributed by atoms with E-state index in [1.54, 1.807) is 0 Å². The highest BCUT2D eigenvalue weighted by Gasteiger charge is 2.27. The molecule has 1 aromatic carbocycles. The molecular weight excluding hydrogens is 350 g/mol. The Balaban J connectivity index is 1.50. The van der Waals surface area contributed by atoms with Crippen molar-refractivity contribution >= 4 is 34.9 Å². The van der Waals surface area contributed by atoms with Crippen molar-refractivity contribution in [3.05, 3.63) is 54.5 Å². The molecule has 2 aromatic heterocycles. The normalized spacial score (nSPS) is 15.0. The maximum atomic E-state index is 12.5. The first-order chi connectivity index (χ1) is 12.6. The smallest absolute Gasteiger partial charge is 0.240 e. The zero-order valence-electron chi connectivity index (χ0n) is 14.1. The minimum absolute atomic E-state index is 0.0164. The van der Waals surface area contributed by atoms with Crippen LogP contribution in [0.2, 0.25) is 0 Å². The average molecular weight is 367 g/mol. The summed E-state index contributed by atoms with van der Waals surface area (Å²) in [5.74, 6) is 0.689. The van der Waals surface area contributed by atoms with Gasteiger partial charge in [0.05, 0.1) is 17.5 Å². The number of aromatic nitrogens is 3. The minimum Gasteiger partial charge on any atom is -0.345 e. The molecule has 3 heterocycles. The van der Waals surface area contributed by atoms with Gasteiger partial charge in [0.2, 0.25) is 11.8 Å². The summed E-state index contributed by atoms with van der Waals surface area (Å²) in [6, 6.07) is 12.9. The van der Waals surface area contributed by atoms with Crippen LogP contribution in [0, 0.1) is 0 Å². The van der Waals surface area contributed by atoms with Gasteiger partial charge in [-0.2, -0.15) is 0 Å².